The number of hydrogen-bond donors (Lipinski definition) is 2. The van der Waals surface area contributed by atoms with Crippen LogP contribution < -0.4 is 10.0 Å². The Hall–Kier alpha value is -0.850. The normalized spacial score (nSPS) is 21.7. The molecule has 5 nitrogen and oxygen atoms in total. The molecular weight excluding hydrogens is 264 g/mol. The van der Waals surface area contributed by atoms with Gasteiger partial charge in [-0.2, -0.15) is 0 Å². The van der Waals surface area contributed by atoms with Crippen LogP contribution in [0.3, 0.4) is 0 Å². The maximum absolute atomic E-state index is 12.1. The molecule has 0 spiro atoms. The summed E-state index contributed by atoms with van der Waals surface area (Å²) in [5, 5.41) is 3.20. The molecule has 2 heterocycles. The molecule has 2 atom stereocenters. The van der Waals surface area contributed by atoms with E-state index in [1.807, 2.05) is 26.8 Å². The van der Waals surface area contributed by atoms with Gasteiger partial charge in [-0.1, -0.05) is 0 Å². The molecular formula is C13H22N2O3S. The van der Waals surface area contributed by atoms with E-state index in [9.17, 15) is 8.42 Å². The highest BCUT2D eigenvalue weighted by Crippen LogP contribution is 2.22. The lowest BCUT2D eigenvalue weighted by molar-refractivity contribution is 0.496. The second kappa shape index (κ2) is 5.64. The summed E-state index contributed by atoms with van der Waals surface area (Å²) in [6.07, 6.45) is 1.98. The summed E-state index contributed by atoms with van der Waals surface area (Å²) in [6.45, 7) is 6.47. The molecule has 0 aromatic carbocycles. The number of hydrogen-bond acceptors (Lipinski definition) is 4. The fourth-order valence-electron chi connectivity index (χ4n) is 2.63. The van der Waals surface area contributed by atoms with Gasteiger partial charge in [-0.05, 0) is 46.2 Å². The van der Waals surface area contributed by atoms with Crippen LogP contribution in [-0.4, -0.2) is 26.8 Å². The SMILES string of the molecule is Cc1cc(C(C)NS(=O)(=O)CC2CCCN2)c(C)o1. The van der Waals surface area contributed by atoms with Crippen molar-refractivity contribution < 1.29 is 12.8 Å². The van der Waals surface area contributed by atoms with Crippen molar-refractivity contribution >= 4 is 10.0 Å². The van der Waals surface area contributed by atoms with Crippen LogP contribution >= 0.6 is 0 Å². The first kappa shape index (κ1) is 14.6. The number of nitrogens with one attached hydrogen (secondary N) is 2. The van der Waals surface area contributed by atoms with Crippen LogP contribution in [-0.2, 0) is 10.0 Å². The number of sulfonamides is 1. The first-order chi connectivity index (χ1) is 8.87. The smallest absolute Gasteiger partial charge is 0.213 e. The van der Waals surface area contributed by atoms with Gasteiger partial charge in [0.05, 0.1) is 5.75 Å². The fraction of sp³-hybridized carbons (Fsp3) is 0.692. The minimum absolute atomic E-state index is 0.0804. The molecule has 0 saturated carbocycles. The number of furan rings is 1. The quantitative estimate of drug-likeness (QED) is 0.863. The Morgan fingerprint density at radius 3 is 2.79 bits per heavy atom. The third-order valence-electron chi connectivity index (χ3n) is 3.49. The maximum atomic E-state index is 12.1. The Morgan fingerprint density at radius 2 is 2.26 bits per heavy atom. The monoisotopic (exact) mass is 286 g/mol. The van der Waals surface area contributed by atoms with E-state index in [4.69, 9.17) is 4.42 Å². The van der Waals surface area contributed by atoms with Gasteiger partial charge >= 0.3 is 0 Å². The second-order valence-electron chi connectivity index (χ2n) is 5.28. The van der Waals surface area contributed by atoms with Gasteiger partial charge < -0.3 is 9.73 Å². The van der Waals surface area contributed by atoms with E-state index >= 15 is 0 Å². The van der Waals surface area contributed by atoms with Crippen LogP contribution in [0.1, 0.15) is 42.9 Å². The van der Waals surface area contributed by atoms with Gasteiger partial charge in [-0.25, -0.2) is 13.1 Å². The molecule has 1 aromatic rings. The van der Waals surface area contributed by atoms with Crippen LogP contribution in [0.5, 0.6) is 0 Å². The Kier molecular flexibility index (Phi) is 4.32. The van der Waals surface area contributed by atoms with Crippen LogP contribution in [0, 0.1) is 13.8 Å². The Balaban J connectivity index is 2.00. The lowest BCUT2D eigenvalue weighted by Crippen LogP contribution is -2.37. The summed E-state index contributed by atoms with van der Waals surface area (Å²) in [7, 11) is -3.27. The van der Waals surface area contributed by atoms with Crippen LogP contribution in [0.2, 0.25) is 0 Å². The first-order valence-electron chi connectivity index (χ1n) is 6.68. The minimum Gasteiger partial charge on any atom is -0.466 e. The van der Waals surface area contributed by atoms with Gasteiger partial charge in [-0.15, -0.1) is 0 Å². The van der Waals surface area contributed by atoms with Crippen molar-refractivity contribution in [3.8, 4) is 0 Å². The molecule has 1 saturated heterocycles. The predicted molar refractivity (Wildman–Crippen MR) is 74.5 cm³/mol. The minimum atomic E-state index is -3.27. The predicted octanol–water partition coefficient (Wildman–Crippen LogP) is 1.63. The molecule has 6 heteroatoms. The molecule has 2 unspecified atom stereocenters. The van der Waals surface area contributed by atoms with E-state index in [0.717, 1.165) is 36.5 Å². The van der Waals surface area contributed by atoms with Crippen molar-refractivity contribution in [1.29, 1.82) is 0 Å². The average Bonchev–Trinajstić information content (AvgIpc) is 2.86. The Morgan fingerprint density at radius 1 is 1.53 bits per heavy atom. The Bertz CT molecular complexity index is 530. The van der Waals surface area contributed by atoms with Gasteiger partial charge in [0, 0.05) is 17.6 Å². The van der Waals surface area contributed by atoms with E-state index in [-0.39, 0.29) is 17.8 Å². The molecule has 1 aromatic heterocycles. The van der Waals surface area contributed by atoms with Crippen molar-refractivity contribution in [2.75, 3.05) is 12.3 Å². The summed E-state index contributed by atoms with van der Waals surface area (Å²) >= 11 is 0. The number of aryl methyl sites for hydroxylation is 2. The second-order valence-corrected chi connectivity index (χ2v) is 7.08. The lowest BCUT2D eigenvalue weighted by Gasteiger charge is -2.16. The van der Waals surface area contributed by atoms with Gasteiger partial charge in [0.2, 0.25) is 10.0 Å². The third kappa shape index (κ3) is 3.81. The van der Waals surface area contributed by atoms with Crippen LogP contribution in [0.25, 0.3) is 0 Å². The van der Waals surface area contributed by atoms with Gasteiger partial charge in [0.25, 0.3) is 0 Å². The van der Waals surface area contributed by atoms with Crippen LogP contribution in [0.15, 0.2) is 10.5 Å². The molecule has 0 radical (unpaired) electrons. The Labute approximate surface area is 114 Å². The van der Waals surface area contributed by atoms with E-state index in [1.54, 1.807) is 0 Å². The van der Waals surface area contributed by atoms with Crippen molar-refractivity contribution in [2.45, 2.75) is 45.7 Å². The molecule has 1 fully saturated rings. The molecule has 2 N–H and O–H groups in total. The molecule has 19 heavy (non-hydrogen) atoms. The van der Waals surface area contributed by atoms with Gasteiger partial charge in [-0.3, -0.25) is 0 Å². The van der Waals surface area contributed by atoms with Gasteiger partial charge in [0.1, 0.15) is 11.5 Å². The van der Waals surface area contributed by atoms with Crippen molar-refractivity contribution in [3.05, 3.63) is 23.2 Å². The fourth-order valence-corrected chi connectivity index (χ4v) is 4.20. The zero-order valence-electron chi connectivity index (χ0n) is 11.7. The van der Waals surface area contributed by atoms with E-state index in [1.165, 1.54) is 0 Å². The van der Waals surface area contributed by atoms with Gasteiger partial charge in [0.15, 0.2) is 0 Å². The summed E-state index contributed by atoms with van der Waals surface area (Å²) in [5.74, 6) is 1.72. The molecule has 108 valence electrons. The lowest BCUT2D eigenvalue weighted by atomic mass is 10.1. The zero-order valence-corrected chi connectivity index (χ0v) is 12.5. The highest BCUT2D eigenvalue weighted by Gasteiger charge is 2.24. The summed E-state index contributed by atoms with van der Waals surface area (Å²) in [6, 6.07) is 1.71. The molecule has 0 amide bonds. The standard InChI is InChI=1S/C13H22N2O3S/c1-9-7-13(11(3)18-9)10(2)15-19(16,17)8-12-5-4-6-14-12/h7,10,12,14-15H,4-6,8H2,1-3H3. The maximum Gasteiger partial charge on any atom is 0.213 e. The average molecular weight is 286 g/mol. The summed E-state index contributed by atoms with van der Waals surface area (Å²) in [5.41, 5.74) is 0.903. The highest BCUT2D eigenvalue weighted by molar-refractivity contribution is 7.89. The largest absolute Gasteiger partial charge is 0.466 e. The van der Waals surface area contributed by atoms with E-state index in [2.05, 4.69) is 10.0 Å². The van der Waals surface area contributed by atoms with E-state index < -0.39 is 10.0 Å². The summed E-state index contributed by atoms with van der Waals surface area (Å²) < 4.78 is 32.4. The highest BCUT2D eigenvalue weighted by atomic mass is 32.2. The van der Waals surface area contributed by atoms with E-state index in [0.29, 0.717) is 0 Å². The summed E-state index contributed by atoms with van der Waals surface area (Å²) in [4.78, 5) is 0. The zero-order chi connectivity index (χ0) is 14.0. The molecule has 0 bridgehead atoms. The molecule has 1 aliphatic heterocycles. The third-order valence-corrected chi connectivity index (χ3v) is 5.04. The molecule has 2 rings (SSSR count). The van der Waals surface area contributed by atoms with Crippen molar-refractivity contribution in [3.63, 3.8) is 0 Å². The number of rotatable bonds is 5. The topological polar surface area (TPSA) is 71.3 Å². The van der Waals surface area contributed by atoms with Crippen molar-refractivity contribution in [2.24, 2.45) is 0 Å². The molecule has 0 aliphatic carbocycles. The van der Waals surface area contributed by atoms with Crippen LogP contribution in [0.4, 0.5) is 0 Å². The first-order valence-corrected chi connectivity index (χ1v) is 8.33. The van der Waals surface area contributed by atoms with Crippen molar-refractivity contribution in [1.82, 2.24) is 10.0 Å². The molecule has 1 aliphatic rings.